The summed E-state index contributed by atoms with van der Waals surface area (Å²) in [6.07, 6.45) is 4.95. The monoisotopic (exact) mass is 211 g/mol. The quantitative estimate of drug-likeness (QED) is 0.444. The van der Waals surface area contributed by atoms with Gasteiger partial charge in [0.1, 0.15) is 0 Å². The summed E-state index contributed by atoms with van der Waals surface area (Å²) in [6.45, 7) is 0.323. The van der Waals surface area contributed by atoms with Crippen LogP contribution in [-0.4, -0.2) is 9.97 Å². The maximum Gasteiger partial charge on any atom is 0.0887 e. The lowest BCUT2D eigenvalue weighted by atomic mass is 10.1. The van der Waals surface area contributed by atoms with E-state index in [4.69, 9.17) is 5.53 Å². The topological polar surface area (TPSA) is 74.5 Å². The van der Waals surface area contributed by atoms with E-state index < -0.39 is 0 Å². The van der Waals surface area contributed by atoms with E-state index in [1.807, 2.05) is 24.3 Å². The van der Waals surface area contributed by atoms with E-state index >= 15 is 0 Å². The van der Waals surface area contributed by atoms with Crippen LogP contribution in [0.5, 0.6) is 0 Å². The molecule has 16 heavy (non-hydrogen) atoms. The molecule has 5 heteroatoms. The lowest BCUT2D eigenvalue weighted by Crippen LogP contribution is -1.90. The number of aromatic nitrogens is 2. The van der Waals surface area contributed by atoms with Crippen molar-refractivity contribution in [3.05, 3.63) is 58.9 Å². The molecule has 0 saturated heterocycles. The molecule has 0 bridgehead atoms. The second-order valence-electron chi connectivity index (χ2n) is 3.14. The molecule has 0 aliphatic rings. The molecule has 78 valence electrons. The van der Waals surface area contributed by atoms with Crippen molar-refractivity contribution in [3.63, 3.8) is 0 Å². The van der Waals surface area contributed by atoms with Gasteiger partial charge in [-0.1, -0.05) is 29.4 Å². The third-order valence-corrected chi connectivity index (χ3v) is 2.16. The second kappa shape index (κ2) is 4.91. The molecule has 0 unspecified atom stereocenters. The van der Waals surface area contributed by atoms with Crippen LogP contribution in [0.2, 0.25) is 0 Å². The minimum Gasteiger partial charge on any atom is -0.261 e. The van der Waals surface area contributed by atoms with E-state index in [9.17, 15) is 0 Å². The van der Waals surface area contributed by atoms with Gasteiger partial charge in [-0.2, -0.15) is 0 Å². The Labute approximate surface area is 92.4 Å². The van der Waals surface area contributed by atoms with E-state index in [1.54, 1.807) is 18.6 Å². The minimum absolute atomic E-state index is 0.323. The zero-order valence-corrected chi connectivity index (χ0v) is 8.48. The third-order valence-electron chi connectivity index (χ3n) is 2.16. The summed E-state index contributed by atoms with van der Waals surface area (Å²) in [5, 5.41) is 3.56. The third kappa shape index (κ3) is 2.16. The van der Waals surface area contributed by atoms with E-state index in [2.05, 4.69) is 20.0 Å². The van der Waals surface area contributed by atoms with Gasteiger partial charge >= 0.3 is 0 Å². The van der Waals surface area contributed by atoms with Gasteiger partial charge in [0, 0.05) is 22.9 Å². The Balaban J connectivity index is 2.44. The van der Waals surface area contributed by atoms with Crippen LogP contribution in [0.15, 0.2) is 48.0 Å². The molecule has 0 spiro atoms. The van der Waals surface area contributed by atoms with Crippen LogP contribution in [0.3, 0.4) is 0 Å². The Morgan fingerprint density at radius 1 is 1.25 bits per heavy atom. The van der Waals surface area contributed by atoms with Crippen molar-refractivity contribution in [1.29, 1.82) is 0 Å². The van der Waals surface area contributed by atoms with Gasteiger partial charge in [-0.3, -0.25) is 9.97 Å². The first-order valence-corrected chi connectivity index (χ1v) is 4.77. The van der Waals surface area contributed by atoms with E-state index in [1.165, 1.54) is 0 Å². The van der Waals surface area contributed by atoms with E-state index in [0.717, 1.165) is 16.8 Å². The van der Waals surface area contributed by atoms with Gasteiger partial charge < -0.3 is 0 Å². The fraction of sp³-hybridized carbons (Fsp3) is 0.0909. The number of hydrogen-bond donors (Lipinski definition) is 0. The number of hydrogen-bond acceptors (Lipinski definition) is 3. The highest BCUT2D eigenvalue weighted by Crippen LogP contribution is 2.21. The highest BCUT2D eigenvalue weighted by atomic mass is 15.1. The van der Waals surface area contributed by atoms with Crippen LogP contribution in [-0.2, 0) is 6.54 Å². The van der Waals surface area contributed by atoms with Crippen molar-refractivity contribution in [2.45, 2.75) is 6.54 Å². The minimum atomic E-state index is 0.323. The van der Waals surface area contributed by atoms with Crippen molar-refractivity contribution < 1.29 is 0 Å². The molecule has 0 radical (unpaired) electrons. The van der Waals surface area contributed by atoms with Gasteiger partial charge in [-0.05, 0) is 11.1 Å². The SMILES string of the molecule is [N-]=[N+]=NCc1ccccc1-c1cnccn1. The maximum atomic E-state index is 8.32. The Morgan fingerprint density at radius 2 is 2.12 bits per heavy atom. The van der Waals surface area contributed by atoms with Gasteiger partial charge in [-0.15, -0.1) is 0 Å². The smallest absolute Gasteiger partial charge is 0.0887 e. The lowest BCUT2D eigenvalue weighted by Gasteiger charge is -2.05. The van der Waals surface area contributed by atoms with Crippen LogP contribution < -0.4 is 0 Å². The Hall–Kier alpha value is -2.39. The van der Waals surface area contributed by atoms with Gasteiger partial charge in [0.05, 0.1) is 18.4 Å². The summed E-state index contributed by atoms with van der Waals surface area (Å²) in [5.41, 5.74) is 11.0. The second-order valence-corrected chi connectivity index (χ2v) is 3.14. The van der Waals surface area contributed by atoms with E-state index in [-0.39, 0.29) is 0 Å². The average Bonchev–Trinajstić information content (AvgIpc) is 2.38. The van der Waals surface area contributed by atoms with Crippen LogP contribution >= 0.6 is 0 Å². The molecule has 0 fully saturated rings. The predicted octanol–water partition coefficient (Wildman–Crippen LogP) is 2.95. The summed E-state index contributed by atoms with van der Waals surface area (Å²) in [5.74, 6) is 0. The summed E-state index contributed by atoms with van der Waals surface area (Å²) >= 11 is 0. The van der Waals surface area contributed by atoms with Gasteiger partial charge in [0.2, 0.25) is 0 Å². The summed E-state index contributed by atoms with van der Waals surface area (Å²) < 4.78 is 0. The van der Waals surface area contributed by atoms with Crippen LogP contribution in [0.4, 0.5) is 0 Å². The highest BCUT2D eigenvalue weighted by molar-refractivity contribution is 5.62. The highest BCUT2D eigenvalue weighted by Gasteiger charge is 2.04. The van der Waals surface area contributed by atoms with Crippen molar-refractivity contribution >= 4 is 0 Å². The van der Waals surface area contributed by atoms with Crippen molar-refractivity contribution in [2.24, 2.45) is 5.11 Å². The summed E-state index contributed by atoms with van der Waals surface area (Å²) in [7, 11) is 0. The average molecular weight is 211 g/mol. The zero-order chi connectivity index (χ0) is 11.2. The maximum absolute atomic E-state index is 8.32. The Morgan fingerprint density at radius 3 is 2.88 bits per heavy atom. The molecule has 0 N–H and O–H groups in total. The molecule has 0 aliphatic carbocycles. The van der Waals surface area contributed by atoms with Gasteiger partial charge in [-0.25, -0.2) is 0 Å². The molecule has 1 aromatic heterocycles. The molecule has 5 nitrogen and oxygen atoms in total. The fourth-order valence-corrected chi connectivity index (χ4v) is 1.45. The molecular weight excluding hydrogens is 202 g/mol. The summed E-state index contributed by atoms with van der Waals surface area (Å²) in [4.78, 5) is 11.0. The first kappa shape index (κ1) is 10.1. The van der Waals surface area contributed by atoms with Crippen LogP contribution in [0.1, 0.15) is 5.56 Å². The van der Waals surface area contributed by atoms with Crippen molar-refractivity contribution in [1.82, 2.24) is 9.97 Å². The Bertz CT molecular complexity index is 517. The number of rotatable bonds is 3. The first-order chi connectivity index (χ1) is 7.92. The molecule has 0 aliphatic heterocycles. The molecule has 0 atom stereocenters. The number of nitrogens with zero attached hydrogens (tertiary/aromatic N) is 5. The summed E-state index contributed by atoms with van der Waals surface area (Å²) in [6, 6.07) is 7.68. The largest absolute Gasteiger partial charge is 0.261 e. The van der Waals surface area contributed by atoms with Gasteiger partial charge in [0.15, 0.2) is 0 Å². The normalized spacial score (nSPS) is 9.50. The molecule has 1 aromatic carbocycles. The van der Waals surface area contributed by atoms with Crippen LogP contribution in [0.25, 0.3) is 21.7 Å². The van der Waals surface area contributed by atoms with Crippen LogP contribution in [0, 0.1) is 0 Å². The standard InChI is InChI=1S/C11H9N5/c12-16-15-7-9-3-1-2-4-10(9)11-8-13-5-6-14-11/h1-6,8H,7H2. The number of benzene rings is 1. The fourth-order valence-electron chi connectivity index (χ4n) is 1.45. The van der Waals surface area contributed by atoms with Crippen molar-refractivity contribution in [2.75, 3.05) is 0 Å². The molecule has 2 rings (SSSR count). The van der Waals surface area contributed by atoms with E-state index in [0.29, 0.717) is 6.54 Å². The molecular formula is C11H9N5. The lowest BCUT2D eigenvalue weighted by molar-refractivity contribution is 1.04. The molecule has 0 saturated carbocycles. The van der Waals surface area contributed by atoms with Gasteiger partial charge in [0.25, 0.3) is 0 Å². The number of azide groups is 1. The zero-order valence-electron chi connectivity index (χ0n) is 8.48. The first-order valence-electron chi connectivity index (χ1n) is 4.77. The molecule has 2 aromatic rings. The predicted molar refractivity (Wildman–Crippen MR) is 60.3 cm³/mol. The van der Waals surface area contributed by atoms with Crippen molar-refractivity contribution in [3.8, 4) is 11.3 Å². The Kier molecular flexibility index (Phi) is 3.11. The molecule has 0 amide bonds. The molecule has 1 heterocycles.